The summed E-state index contributed by atoms with van der Waals surface area (Å²) in [6, 6.07) is 7.19. The van der Waals surface area contributed by atoms with E-state index in [0.717, 1.165) is 13.0 Å². The molecule has 0 aliphatic heterocycles. The highest BCUT2D eigenvalue weighted by Crippen LogP contribution is 2.22. The van der Waals surface area contributed by atoms with E-state index in [0.29, 0.717) is 11.4 Å². The van der Waals surface area contributed by atoms with Crippen molar-refractivity contribution in [2.45, 2.75) is 63.9 Å². The molecule has 0 bridgehead atoms. The Bertz CT molecular complexity index is 389. The molecule has 1 aromatic rings. The second-order valence-electron chi connectivity index (χ2n) is 5.56. The molecule has 1 fully saturated rings. The van der Waals surface area contributed by atoms with E-state index in [4.69, 9.17) is 11.6 Å². The highest BCUT2D eigenvalue weighted by atomic mass is 35.5. The van der Waals surface area contributed by atoms with Crippen LogP contribution in [-0.4, -0.2) is 11.4 Å². The molecule has 2 atom stereocenters. The van der Waals surface area contributed by atoms with Crippen LogP contribution in [0.25, 0.3) is 0 Å². The topological polar surface area (TPSA) is 12.0 Å². The lowest BCUT2D eigenvalue weighted by atomic mass is 10.0. The predicted molar refractivity (Wildman–Crippen MR) is 79.3 cm³/mol. The Balaban J connectivity index is 1.91. The fourth-order valence-corrected chi connectivity index (χ4v) is 3.02. The molecule has 0 saturated heterocycles. The Hall–Kier alpha value is -0.530. The molecule has 1 aliphatic carbocycles. The number of hydrogen-bond donors (Lipinski definition) is 1. The van der Waals surface area contributed by atoms with Crippen molar-refractivity contribution in [1.29, 1.82) is 0 Å². The normalized spacial score (nSPS) is 24.8. The number of aryl methyl sites for hydroxylation is 2. The van der Waals surface area contributed by atoms with Crippen LogP contribution >= 0.6 is 11.6 Å². The molecule has 1 nitrogen and oxygen atoms in total. The van der Waals surface area contributed by atoms with Gasteiger partial charge in [0, 0.05) is 18.0 Å². The first-order valence-corrected chi connectivity index (χ1v) is 7.54. The first kappa shape index (κ1) is 13.9. The molecule has 2 heteroatoms. The molecule has 0 spiro atoms. The molecule has 2 rings (SSSR count). The van der Waals surface area contributed by atoms with Crippen LogP contribution in [0.2, 0.25) is 0 Å². The lowest BCUT2D eigenvalue weighted by Gasteiger charge is -2.21. The molecule has 1 saturated carbocycles. The van der Waals surface area contributed by atoms with Crippen LogP contribution in [0.15, 0.2) is 18.2 Å². The molecule has 1 aromatic carbocycles. The van der Waals surface area contributed by atoms with Crippen molar-refractivity contribution in [3.05, 3.63) is 34.9 Å². The van der Waals surface area contributed by atoms with Gasteiger partial charge in [-0.05, 0) is 43.4 Å². The standard InChI is InChI=1S/C16H24ClN/c1-12-8-9-14(10-13(12)2)11-18-16-7-5-3-4-6-15(16)17/h8-10,15-16,18H,3-7,11H2,1-2H3. The van der Waals surface area contributed by atoms with Crippen LogP contribution in [0, 0.1) is 13.8 Å². The molecule has 1 N–H and O–H groups in total. The number of hydrogen-bond acceptors (Lipinski definition) is 1. The second kappa shape index (κ2) is 6.58. The van der Waals surface area contributed by atoms with E-state index in [2.05, 4.69) is 37.4 Å². The zero-order chi connectivity index (χ0) is 13.0. The lowest BCUT2D eigenvalue weighted by Crippen LogP contribution is -2.35. The SMILES string of the molecule is Cc1ccc(CNC2CCCCCC2Cl)cc1C. The van der Waals surface area contributed by atoms with Crippen molar-refractivity contribution >= 4 is 11.6 Å². The second-order valence-corrected chi connectivity index (χ2v) is 6.12. The predicted octanol–water partition coefficient (Wildman–Crippen LogP) is 4.33. The van der Waals surface area contributed by atoms with Gasteiger partial charge in [0.25, 0.3) is 0 Å². The van der Waals surface area contributed by atoms with Crippen LogP contribution in [0.3, 0.4) is 0 Å². The van der Waals surface area contributed by atoms with Crippen molar-refractivity contribution in [3.63, 3.8) is 0 Å². The number of benzene rings is 1. The van der Waals surface area contributed by atoms with E-state index in [1.165, 1.54) is 42.4 Å². The van der Waals surface area contributed by atoms with Crippen LogP contribution in [0.4, 0.5) is 0 Å². The summed E-state index contributed by atoms with van der Waals surface area (Å²) in [5.74, 6) is 0. The monoisotopic (exact) mass is 265 g/mol. The third-order valence-corrected chi connectivity index (χ3v) is 4.59. The summed E-state index contributed by atoms with van der Waals surface area (Å²) >= 11 is 6.45. The number of alkyl halides is 1. The maximum absolute atomic E-state index is 6.45. The van der Waals surface area contributed by atoms with Crippen molar-refractivity contribution < 1.29 is 0 Å². The summed E-state index contributed by atoms with van der Waals surface area (Å²) in [4.78, 5) is 0. The van der Waals surface area contributed by atoms with Gasteiger partial charge >= 0.3 is 0 Å². The first-order chi connectivity index (χ1) is 8.66. The Morgan fingerprint density at radius 3 is 2.67 bits per heavy atom. The van der Waals surface area contributed by atoms with Gasteiger partial charge in [0.05, 0.1) is 0 Å². The minimum atomic E-state index is 0.305. The zero-order valence-electron chi connectivity index (χ0n) is 11.5. The largest absolute Gasteiger partial charge is 0.308 e. The fourth-order valence-electron chi connectivity index (χ4n) is 2.65. The van der Waals surface area contributed by atoms with E-state index in [1.807, 2.05) is 0 Å². The van der Waals surface area contributed by atoms with Crippen LogP contribution in [-0.2, 0) is 6.54 Å². The minimum Gasteiger partial charge on any atom is -0.308 e. The van der Waals surface area contributed by atoms with Gasteiger partial charge in [0.2, 0.25) is 0 Å². The van der Waals surface area contributed by atoms with E-state index >= 15 is 0 Å². The third-order valence-electron chi connectivity index (χ3n) is 4.07. The van der Waals surface area contributed by atoms with Crippen molar-refractivity contribution in [2.24, 2.45) is 0 Å². The molecule has 18 heavy (non-hydrogen) atoms. The van der Waals surface area contributed by atoms with E-state index in [9.17, 15) is 0 Å². The molecular weight excluding hydrogens is 242 g/mol. The van der Waals surface area contributed by atoms with Gasteiger partial charge in [-0.3, -0.25) is 0 Å². The molecular formula is C16H24ClN. The first-order valence-electron chi connectivity index (χ1n) is 7.10. The van der Waals surface area contributed by atoms with Crippen LogP contribution < -0.4 is 5.32 Å². The molecule has 2 unspecified atom stereocenters. The summed E-state index contributed by atoms with van der Waals surface area (Å²) in [6.07, 6.45) is 6.32. The summed E-state index contributed by atoms with van der Waals surface area (Å²) in [6.45, 7) is 5.27. The molecule has 0 aromatic heterocycles. The quantitative estimate of drug-likeness (QED) is 0.634. The molecule has 0 amide bonds. The Morgan fingerprint density at radius 2 is 1.89 bits per heavy atom. The number of halogens is 1. The smallest absolute Gasteiger partial charge is 0.0489 e. The van der Waals surface area contributed by atoms with Gasteiger partial charge in [-0.1, -0.05) is 37.5 Å². The molecule has 100 valence electrons. The maximum Gasteiger partial charge on any atom is 0.0489 e. The van der Waals surface area contributed by atoms with Gasteiger partial charge in [-0.25, -0.2) is 0 Å². The molecule has 0 heterocycles. The van der Waals surface area contributed by atoms with Crippen LogP contribution in [0.1, 0.15) is 48.8 Å². The number of rotatable bonds is 3. The average molecular weight is 266 g/mol. The van der Waals surface area contributed by atoms with Gasteiger partial charge in [0.15, 0.2) is 0 Å². The highest BCUT2D eigenvalue weighted by molar-refractivity contribution is 6.21. The van der Waals surface area contributed by atoms with Gasteiger partial charge in [-0.15, -0.1) is 11.6 Å². The Morgan fingerprint density at radius 1 is 1.11 bits per heavy atom. The van der Waals surface area contributed by atoms with E-state index in [-0.39, 0.29) is 0 Å². The lowest BCUT2D eigenvalue weighted by molar-refractivity contribution is 0.464. The van der Waals surface area contributed by atoms with E-state index in [1.54, 1.807) is 0 Å². The maximum atomic E-state index is 6.45. The minimum absolute atomic E-state index is 0.305. The van der Waals surface area contributed by atoms with Crippen LogP contribution in [0.5, 0.6) is 0 Å². The summed E-state index contributed by atoms with van der Waals surface area (Å²) in [7, 11) is 0. The van der Waals surface area contributed by atoms with Gasteiger partial charge in [0.1, 0.15) is 0 Å². The average Bonchev–Trinajstić information content (AvgIpc) is 2.56. The summed E-state index contributed by atoms with van der Waals surface area (Å²) in [5.41, 5.74) is 4.10. The van der Waals surface area contributed by atoms with Crippen molar-refractivity contribution in [2.75, 3.05) is 0 Å². The highest BCUT2D eigenvalue weighted by Gasteiger charge is 2.20. The Labute approximate surface area is 116 Å². The summed E-state index contributed by atoms with van der Waals surface area (Å²) < 4.78 is 0. The fraction of sp³-hybridized carbons (Fsp3) is 0.625. The summed E-state index contributed by atoms with van der Waals surface area (Å²) in [5, 5.41) is 3.95. The Kier molecular flexibility index (Phi) is 5.08. The van der Waals surface area contributed by atoms with Gasteiger partial charge < -0.3 is 5.32 Å². The molecule has 0 radical (unpaired) electrons. The third kappa shape index (κ3) is 3.73. The van der Waals surface area contributed by atoms with Gasteiger partial charge in [-0.2, -0.15) is 0 Å². The van der Waals surface area contributed by atoms with Crippen molar-refractivity contribution in [1.82, 2.24) is 5.32 Å². The van der Waals surface area contributed by atoms with E-state index < -0.39 is 0 Å². The van der Waals surface area contributed by atoms with Crippen molar-refractivity contribution in [3.8, 4) is 0 Å². The molecule has 1 aliphatic rings. The zero-order valence-corrected chi connectivity index (χ0v) is 12.3. The number of nitrogens with one attached hydrogen (secondary N) is 1.